The van der Waals surface area contributed by atoms with Crippen LogP contribution in [0.5, 0.6) is 0 Å². The Morgan fingerprint density at radius 2 is 1.23 bits per heavy atom. The van der Waals surface area contributed by atoms with E-state index in [2.05, 4.69) is 116 Å². The van der Waals surface area contributed by atoms with Crippen molar-refractivity contribution in [1.29, 1.82) is 0 Å². The third-order valence-corrected chi connectivity index (χ3v) is 8.48. The van der Waals surface area contributed by atoms with E-state index < -0.39 is 19.2 Å². The van der Waals surface area contributed by atoms with Crippen LogP contribution >= 0.6 is 0 Å². The molecular formula is C25H25Cl3NTi. The summed E-state index contributed by atoms with van der Waals surface area (Å²) in [6.07, 6.45) is 4.76. The summed E-state index contributed by atoms with van der Waals surface area (Å²) in [5, 5.41) is 0. The Hall–Kier alpha value is -1.06. The van der Waals surface area contributed by atoms with Gasteiger partial charge in [0.25, 0.3) is 0 Å². The normalized spacial score (nSPS) is 14.0. The van der Waals surface area contributed by atoms with Crippen LogP contribution in [-0.2, 0) is 22.9 Å². The molecule has 1 aliphatic carbocycles. The zero-order valence-corrected chi connectivity index (χ0v) is 20.9. The predicted octanol–water partition coefficient (Wildman–Crippen LogP) is -3.65. The molecule has 1 unspecified atom stereocenters. The first kappa shape index (κ1) is 27.0. The van der Waals surface area contributed by atoms with Gasteiger partial charge in [-0.3, -0.25) is 0 Å². The minimum absolute atomic E-state index is 0. The van der Waals surface area contributed by atoms with Crippen LogP contribution in [0, 0.1) is 0 Å². The summed E-state index contributed by atoms with van der Waals surface area (Å²) in [5.41, 5.74) is 5.80. The Bertz CT molecular complexity index is 890. The second-order valence-electron chi connectivity index (χ2n) is 7.49. The van der Waals surface area contributed by atoms with E-state index in [1.165, 1.54) is 22.3 Å². The van der Waals surface area contributed by atoms with Crippen LogP contribution in [0.1, 0.15) is 26.5 Å². The molecule has 3 aromatic rings. The summed E-state index contributed by atoms with van der Waals surface area (Å²) in [6, 6.07) is 31.2. The summed E-state index contributed by atoms with van der Waals surface area (Å²) in [7, 11) is 4.40. The minimum Gasteiger partial charge on any atom is -1.00 e. The smallest absolute Gasteiger partial charge is 1.00 e. The number of benzene rings is 3. The molecule has 1 nitrogen and oxygen atoms in total. The van der Waals surface area contributed by atoms with E-state index in [1.807, 2.05) is 0 Å². The summed E-state index contributed by atoms with van der Waals surface area (Å²) < 4.78 is 0.625. The van der Waals surface area contributed by atoms with Gasteiger partial charge in [0.1, 0.15) is 0 Å². The topological polar surface area (TPSA) is 3.24 Å². The van der Waals surface area contributed by atoms with Crippen molar-refractivity contribution >= 4 is 6.08 Å². The van der Waals surface area contributed by atoms with E-state index >= 15 is 0 Å². The van der Waals surface area contributed by atoms with Gasteiger partial charge >= 0.3 is 172 Å². The molecule has 30 heavy (non-hydrogen) atoms. The molecule has 0 N–H and O–H groups in total. The Morgan fingerprint density at radius 1 is 0.733 bits per heavy atom. The SMILES string of the molecule is CN(C)C[C]([Ti+3][CH]1C=Cc2ccccc21)(c1ccccc1)c1ccccc1.[Cl-].[Cl-].[Cl-]. The van der Waals surface area contributed by atoms with Gasteiger partial charge in [-0.25, -0.2) is 0 Å². The molecule has 3 aromatic carbocycles. The van der Waals surface area contributed by atoms with Gasteiger partial charge in [-0.1, -0.05) is 0 Å². The molecule has 1 aliphatic rings. The molecule has 0 saturated heterocycles. The quantitative estimate of drug-likeness (QED) is 0.321. The van der Waals surface area contributed by atoms with Gasteiger partial charge in [0.15, 0.2) is 0 Å². The van der Waals surface area contributed by atoms with Crippen LogP contribution in [0.15, 0.2) is 91.0 Å². The summed E-state index contributed by atoms with van der Waals surface area (Å²) in [6.45, 7) is 1.04. The average Bonchev–Trinajstić information content (AvgIpc) is 3.11. The second kappa shape index (κ2) is 12.1. The average molecular weight is 494 g/mol. The van der Waals surface area contributed by atoms with Gasteiger partial charge < -0.3 is 37.2 Å². The van der Waals surface area contributed by atoms with Crippen molar-refractivity contribution in [1.82, 2.24) is 4.90 Å². The molecule has 0 amide bonds. The summed E-state index contributed by atoms with van der Waals surface area (Å²) in [5.74, 6) is 0. The molecule has 155 valence electrons. The number of nitrogens with zero attached hydrogens (tertiary/aromatic N) is 1. The van der Waals surface area contributed by atoms with Crippen LogP contribution in [0.2, 0.25) is 0 Å². The first-order valence-corrected chi connectivity index (χ1v) is 11.2. The van der Waals surface area contributed by atoms with E-state index in [0.29, 0.717) is 4.22 Å². The number of allylic oxidation sites excluding steroid dienone is 1. The first-order chi connectivity index (χ1) is 13.2. The zero-order valence-electron chi connectivity index (χ0n) is 17.1. The number of hydrogen-bond donors (Lipinski definition) is 0. The van der Waals surface area contributed by atoms with Crippen molar-refractivity contribution in [2.45, 2.75) is 7.94 Å². The molecule has 0 bridgehead atoms. The Morgan fingerprint density at radius 3 is 1.77 bits per heavy atom. The second-order valence-corrected chi connectivity index (χ2v) is 10.2. The van der Waals surface area contributed by atoms with Gasteiger partial charge in [0.05, 0.1) is 0 Å². The van der Waals surface area contributed by atoms with E-state index in [9.17, 15) is 0 Å². The Labute approximate surface area is 208 Å². The number of likely N-dealkylation sites (N-methyl/N-ethyl adjacent to an activating group) is 1. The molecule has 0 radical (unpaired) electrons. The fraction of sp³-hybridized carbons (Fsp3) is 0.200. The van der Waals surface area contributed by atoms with Gasteiger partial charge in [0.2, 0.25) is 0 Å². The van der Waals surface area contributed by atoms with Crippen molar-refractivity contribution in [2.24, 2.45) is 0 Å². The fourth-order valence-corrected chi connectivity index (χ4v) is 7.58. The largest absolute Gasteiger partial charge is 1.00 e. The molecule has 0 fully saturated rings. The van der Waals surface area contributed by atoms with Crippen LogP contribution in [0.4, 0.5) is 0 Å². The van der Waals surface area contributed by atoms with E-state index in [4.69, 9.17) is 0 Å². The molecule has 0 aromatic heterocycles. The van der Waals surface area contributed by atoms with Crippen molar-refractivity contribution < 1.29 is 56.4 Å². The molecule has 1 atom stereocenters. The fourth-order valence-electron chi connectivity index (χ4n) is 4.12. The molecule has 0 saturated carbocycles. The Kier molecular flexibility index (Phi) is 10.9. The van der Waals surface area contributed by atoms with Crippen LogP contribution in [-0.4, -0.2) is 25.5 Å². The molecule has 0 aliphatic heterocycles. The first-order valence-electron chi connectivity index (χ1n) is 9.50. The summed E-state index contributed by atoms with van der Waals surface area (Å²) >= 11 is -0.417. The predicted molar refractivity (Wildman–Crippen MR) is 110 cm³/mol. The van der Waals surface area contributed by atoms with Gasteiger partial charge in [-0.2, -0.15) is 0 Å². The maximum atomic E-state index is 2.45. The van der Waals surface area contributed by atoms with E-state index in [1.54, 1.807) is 0 Å². The number of hydrogen-bond acceptors (Lipinski definition) is 1. The number of fused-ring (bicyclic) bond motifs is 1. The molecule has 5 heteroatoms. The molecule has 0 spiro atoms. The van der Waals surface area contributed by atoms with Crippen molar-refractivity contribution in [3.05, 3.63) is 113 Å². The van der Waals surface area contributed by atoms with Gasteiger partial charge in [-0.15, -0.1) is 0 Å². The number of halogens is 3. The summed E-state index contributed by atoms with van der Waals surface area (Å²) in [4.78, 5) is 2.36. The van der Waals surface area contributed by atoms with Crippen molar-refractivity contribution in [3.63, 3.8) is 0 Å². The third-order valence-electron chi connectivity index (χ3n) is 5.29. The Balaban J connectivity index is 0.00000150. The maximum Gasteiger partial charge on any atom is -1.00 e. The maximum absolute atomic E-state index is 2.45. The third kappa shape index (κ3) is 5.59. The standard InChI is InChI=1S/C16H18N.C9H7.3ClH.Ti/c1-17(2)13-16(14-9-5-3-6-10-14)15-11-7-4-8-12-15;1-2-5-9-7-3-6-8(9)4-1;;;;/h3-12H,13H2,1-2H3;1-7H;3*1H;/q;;;;;+3/p-3. The van der Waals surface area contributed by atoms with Crippen molar-refractivity contribution in [3.8, 4) is 0 Å². The van der Waals surface area contributed by atoms with Gasteiger partial charge in [0, 0.05) is 0 Å². The van der Waals surface area contributed by atoms with Crippen LogP contribution in [0.3, 0.4) is 0 Å². The van der Waals surface area contributed by atoms with Crippen LogP contribution in [0.25, 0.3) is 6.08 Å². The molecule has 4 rings (SSSR count). The monoisotopic (exact) mass is 492 g/mol. The van der Waals surface area contributed by atoms with Crippen molar-refractivity contribution in [2.75, 3.05) is 20.6 Å². The molecule has 0 heterocycles. The number of rotatable bonds is 6. The minimum atomic E-state index is -0.417. The zero-order chi connectivity index (χ0) is 18.7. The molecular weight excluding hydrogens is 469 g/mol. The van der Waals surface area contributed by atoms with Gasteiger partial charge in [-0.05, 0) is 0 Å². The van der Waals surface area contributed by atoms with E-state index in [0.717, 1.165) is 6.54 Å². The van der Waals surface area contributed by atoms with Crippen LogP contribution < -0.4 is 37.2 Å². The van der Waals surface area contributed by atoms with E-state index in [-0.39, 0.29) is 40.9 Å².